The van der Waals surface area contributed by atoms with Gasteiger partial charge in [0.2, 0.25) is 0 Å². The number of hydrogen-bond acceptors (Lipinski definition) is 7. The highest BCUT2D eigenvalue weighted by Gasteiger charge is 2.40. The Balaban J connectivity index is 5.38. The SMILES string of the molecule is C=C(CC)C(=O)OP(=O)(OC(=O)C(=C)CC)OC(=O)C(=C)CC. The summed E-state index contributed by atoms with van der Waals surface area (Å²) in [5.74, 6) is -3.29. The van der Waals surface area contributed by atoms with Crippen molar-refractivity contribution in [1.29, 1.82) is 0 Å². The van der Waals surface area contributed by atoms with E-state index >= 15 is 0 Å². The second-order valence-electron chi connectivity index (χ2n) is 4.45. The molecule has 0 spiro atoms. The Bertz CT molecular complexity index is 508. The molecule has 0 heterocycles. The Morgan fingerprint density at radius 3 is 1.09 bits per heavy atom. The van der Waals surface area contributed by atoms with Crippen molar-refractivity contribution in [2.75, 3.05) is 0 Å². The quantitative estimate of drug-likeness (QED) is 0.465. The summed E-state index contributed by atoms with van der Waals surface area (Å²) in [6, 6.07) is 0. The molecule has 0 unspecified atom stereocenters. The van der Waals surface area contributed by atoms with Crippen molar-refractivity contribution in [2.24, 2.45) is 0 Å². The molecule has 0 amide bonds. The van der Waals surface area contributed by atoms with Crippen molar-refractivity contribution in [1.82, 2.24) is 0 Å². The molecule has 0 aromatic rings. The molecule has 8 heteroatoms. The Morgan fingerprint density at radius 1 is 0.696 bits per heavy atom. The van der Waals surface area contributed by atoms with Gasteiger partial charge in [-0.05, 0) is 19.3 Å². The van der Waals surface area contributed by atoms with Crippen LogP contribution in [0.4, 0.5) is 0 Å². The van der Waals surface area contributed by atoms with Gasteiger partial charge < -0.3 is 13.6 Å². The molecule has 128 valence electrons. The molecule has 0 aliphatic rings. The number of carbonyl (C=O) groups excluding carboxylic acids is 3. The van der Waals surface area contributed by atoms with Crippen LogP contribution in [0.2, 0.25) is 0 Å². The summed E-state index contributed by atoms with van der Waals surface area (Å²) in [4.78, 5) is 35.1. The smallest absolute Gasteiger partial charge is 0.348 e. The molecule has 0 bridgehead atoms. The van der Waals surface area contributed by atoms with Gasteiger partial charge >= 0.3 is 25.7 Å². The summed E-state index contributed by atoms with van der Waals surface area (Å²) >= 11 is 0. The maximum absolute atomic E-state index is 12.5. The molecule has 23 heavy (non-hydrogen) atoms. The summed E-state index contributed by atoms with van der Waals surface area (Å²) in [5, 5.41) is 0. The minimum absolute atomic E-state index is 0.0269. The van der Waals surface area contributed by atoms with Crippen molar-refractivity contribution in [3.8, 4) is 0 Å². The van der Waals surface area contributed by atoms with E-state index in [9.17, 15) is 18.9 Å². The topological polar surface area (TPSA) is 96.0 Å². The van der Waals surface area contributed by atoms with Crippen LogP contribution in [0.25, 0.3) is 0 Å². The van der Waals surface area contributed by atoms with Crippen molar-refractivity contribution < 1.29 is 32.5 Å². The summed E-state index contributed by atoms with van der Waals surface area (Å²) in [5.41, 5.74) is -0.0807. The zero-order chi connectivity index (χ0) is 18.2. The van der Waals surface area contributed by atoms with Gasteiger partial charge in [0.25, 0.3) is 0 Å². The summed E-state index contributed by atoms with van der Waals surface area (Å²) in [7, 11) is -4.82. The molecule has 0 N–H and O–H groups in total. The fraction of sp³-hybridized carbons (Fsp3) is 0.400. The Labute approximate surface area is 135 Å². The van der Waals surface area contributed by atoms with Crippen LogP contribution in [0.15, 0.2) is 36.5 Å². The molecule has 0 atom stereocenters. The summed E-state index contributed by atoms with van der Waals surface area (Å²) < 4.78 is 26.2. The standard InChI is InChI=1S/C15H21O7P/c1-7-10(4)13(16)20-23(19,21-14(17)11(5)8-2)22-15(18)12(6)9-3/h4-9H2,1-3H3. The lowest BCUT2D eigenvalue weighted by molar-refractivity contribution is -0.140. The first-order valence-corrected chi connectivity index (χ1v) is 8.41. The molecule has 0 aliphatic heterocycles. The molecule has 0 rings (SSSR count). The lowest BCUT2D eigenvalue weighted by atomic mass is 10.2. The molecule has 0 radical (unpaired) electrons. The minimum atomic E-state index is -4.82. The van der Waals surface area contributed by atoms with E-state index in [4.69, 9.17) is 0 Å². The second kappa shape index (κ2) is 9.10. The second-order valence-corrected chi connectivity index (χ2v) is 5.90. The average molecular weight is 344 g/mol. The zero-order valence-corrected chi connectivity index (χ0v) is 14.4. The van der Waals surface area contributed by atoms with Crippen LogP contribution in [0.1, 0.15) is 40.0 Å². The number of phosphoric acid groups is 1. The molecular formula is C15H21O7P. The molecular weight excluding hydrogens is 323 g/mol. The highest BCUT2D eigenvalue weighted by atomic mass is 31.2. The largest absolute Gasteiger partial charge is 0.654 e. The van der Waals surface area contributed by atoms with E-state index in [1.54, 1.807) is 20.8 Å². The molecule has 0 aromatic heterocycles. The zero-order valence-electron chi connectivity index (χ0n) is 13.5. The van der Waals surface area contributed by atoms with Crippen molar-refractivity contribution in [3.05, 3.63) is 36.5 Å². The highest BCUT2D eigenvalue weighted by Crippen LogP contribution is 2.51. The number of carbonyl (C=O) groups is 3. The van der Waals surface area contributed by atoms with Gasteiger partial charge in [-0.25, -0.2) is 14.4 Å². The fourth-order valence-corrected chi connectivity index (χ4v) is 2.10. The van der Waals surface area contributed by atoms with E-state index in [1.807, 2.05) is 0 Å². The first-order valence-electron chi connectivity index (χ1n) is 6.95. The van der Waals surface area contributed by atoms with E-state index in [2.05, 4.69) is 33.3 Å². The minimum Gasteiger partial charge on any atom is -0.348 e. The molecule has 0 aliphatic carbocycles. The molecule has 0 saturated carbocycles. The first kappa shape index (κ1) is 20.9. The average Bonchev–Trinajstić information content (AvgIpc) is 2.51. The monoisotopic (exact) mass is 344 g/mol. The van der Waals surface area contributed by atoms with E-state index in [1.165, 1.54) is 0 Å². The maximum Gasteiger partial charge on any atom is 0.654 e. The van der Waals surface area contributed by atoms with Crippen LogP contribution in [-0.4, -0.2) is 17.9 Å². The van der Waals surface area contributed by atoms with Gasteiger partial charge in [0.1, 0.15) is 0 Å². The van der Waals surface area contributed by atoms with Crippen LogP contribution in [0, 0.1) is 0 Å². The van der Waals surface area contributed by atoms with E-state index in [0.29, 0.717) is 0 Å². The van der Waals surface area contributed by atoms with Gasteiger partial charge in [0.05, 0.1) is 0 Å². The lowest BCUT2D eigenvalue weighted by Gasteiger charge is -2.17. The normalized spacial score (nSPS) is 10.4. The highest BCUT2D eigenvalue weighted by molar-refractivity contribution is 7.50. The lowest BCUT2D eigenvalue weighted by Crippen LogP contribution is -2.16. The van der Waals surface area contributed by atoms with Crippen molar-refractivity contribution in [3.63, 3.8) is 0 Å². The van der Waals surface area contributed by atoms with Gasteiger partial charge in [0, 0.05) is 16.7 Å². The van der Waals surface area contributed by atoms with Gasteiger partial charge in [-0.2, -0.15) is 4.57 Å². The van der Waals surface area contributed by atoms with Gasteiger partial charge in [-0.3, -0.25) is 0 Å². The first-order chi connectivity index (χ1) is 10.6. The summed E-state index contributed by atoms with van der Waals surface area (Å²) in [6.45, 7) is 15.1. The Hall–Kier alpha value is -2.14. The van der Waals surface area contributed by atoms with Crippen LogP contribution in [-0.2, 0) is 32.5 Å². The Morgan fingerprint density at radius 2 is 0.913 bits per heavy atom. The van der Waals surface area contributed by atoms with Crippen LogP contribution in [0.3, 0.4) is 0 Å². The predicted octanol–water partition coefficient (Wildman–Crippen LogP) is 3.62. The van der Waals surface area contributed by atoms with E-state index < -0.39 is 25.7 Å². The Kier molecular flexibility index (Phi) is 8.25. The third kappa shape index (κ3) is 6.65. The maximum atomic E-state index is 12.5. The third-order valence-electron chi connectivity index (χ3n) is 2.73. The van der Waals surface area contributed by atoms with Crippen molar-refractivity contribution >= 4 is 25.7 Å². The van der Waals surface area contributed by atoms with Crippen LogP contribution >= 0.6 is 7.82 Å². The molecule has 0 fully saturated rings. The molecule has 0 aromatic carbocycles. The van der Waals surface area contributed by atoms with Gasteiger partial charge in [-0.15, -0.1) is 0 Å². The number of hydrogen-bond donors (Lipinski definition) is 0. The third-order valence-corrected chi connectivity index (χ3v) is 3.90. The van der Waals surface area contributed by atoms with Crippen molar-refractivity contribution in [2.45, 2.75) is 40.0 Å². The van der Waals surface area contributed by atoms with Gasteiger partial charge in [0.15, 0.2) is 0 Å². The van der Waals surface area contributed by atoms with Crippen LogP contribution < -0.4 is 0 Å². The van der Waals surface area contributed by atoms with E-state index in [0.717, 1.165) is 0 Å². The summed E-state index contributed by atoms with van der Waals surface area (Å²) in [6.07, 6.45) is 0.637. The number of phosphoric ester groups is 1. The fourth-order valence-electron chi connectivity index (χ4n) is 0.987. The predicted molar refractivity (Wildman–Crippen MR) is 84.2 cm³/mol. The molecule has 7 nitrogen and oxygen atoms in total. The van der Waals surface area contributed by atoms with Crippen LogP contribution in [0.5, 0.6) is 0 Å². The molecule has 0 saturated heterocycles. The van der Waals surface area contributed by atoms with Gasteiger partial charge in [-0.1, -0.05) is 40.5 Å². The van der Waals surface area contributed by atoms with E-state index in [-0.39, 0.29) is 36.0 Å². The number of rotatable bonds is 9.